The third-order valence-corrected chi connectivity index (χ3v) is 5.22. The summed E-state index contributed by atoms with van der Waals surface area (Å²) >= 11 is 5.81. The number of carbonyl (C=O) groups is 4. The maximum atomic E-state index is 13.2. The molecule has 166 valence electrons. The van der Waals surface area contributed by atoms with Gasteiger partial charge in [0.1, 0.15) is 5.82 Å². The van der Waals surface area contributed by atoms with Crippen molar-refractivity contribution >= 4 is 46.7 Å². The van der Waals surface area contributed by atoms with Crippen LogP contribution in [0.3, 0.4) is 0 Å². The molecule has 7 nitrogen and oxygen atoms in total. The maximum absolute atomic E-state index is 13.2. The minimum Gasteiger partial charge on any atom is -0.449 e. The van der Waals surface area contributed by atoms with Gasteiger partial charge in [-0.15, -0.1) is 0 Å². The quantitative estimate of drug-likeness (QED) is 0.442. The summed E-state index contributed by atoms with van der Waals surface area (Å²) in [7, 11) is 0. The first kappa shape index (κ1) is 22.2. The molecule has 0 aromatic heterocycles. The molecule has 1 aliphatic heterocycles. The summed E-state index contributed by atoms with van der Waals surface area (Å²) in [6.45, 7) is 1.40. The lowest BCUT2D eigenvalue weighted by Crippen LogP contribution is -2.30. The summed E-state index contributed by atoms with van der Waals surface area (Å²) in [4.78, 5) is 51.3. The molecule has 1 aliphatic rings. The van der Waals surface area contributed by atoms with Crippen molar-refractivity contribution in [2.24, 2.45) is 0 Å². The van der Waals surface area contributed by atoms with E-state index in [2.05, 4.69) is 5.32 Å². The van der Waals surface area contributed by atoms with Gasteiger partial charge >= 0.3 is 5.97 Å². The summed E-state index contributed by atoms with van der Waals surface area (Å²) in [5.41, 5.74) is 0.808. The predicted octanol–water partition coefficient (Wildman–Crippen LogP) is 4.46. The first-order chi connectivity index (χ1) is 15.7. The van der Waals surface area contributed by atoms with Crippen molar-refractivity contribution in [3.8, 4) is 0 Å². The minimum absolute atomic E-state index is 0.00185. The lowest BCUT2D eigenvalue weighted by atomic mass is 10.1. The van der Waals surface area contributed by atoms with Crippen molar-refractivity contribution in [3.05, 3.63) is 94.3 Å². The van der Waals surface area contributed by atoms with Crippen LogP contribution >= 0.6 is 11.6 Å². The molecule has 9 heteroatoms. The molecule has 0 fully saturated rings. The number of nitrogens with one attached hydrogen (secondary N) is 1. The second kappa shape index (κ2) is 8.84. The monoisotopic (exact) mass is 466 g/mol. The van der Waals surface area contributed by atoms with E-state index in [1.807, 2.05) is 0 Å². The highest BCUT2D eigenvalue weighted by Gasteiger charge is 2.37. The minimum atomic E-state index is -1.13. The molecule has 0 saturated heterocycles. The number of halogens is 2. The standard InChI is InChI=1S/C24H16ClFN2O5/c1-13(21(29)27-17-7-3-15(25)4-8-17)33-24(32)14-2-11-19-20(12-14)23(31)28(22(19)30)18-9-5-16(26)6-10-18/h2-13H,1H3,(H,27,29). The van der Waals surface area contributed by atoms with Crippen LogP contribution < -0.4 is 10.2 Å². The van der Waals surface area contributed by atoms with Crippen LogP contribution in [0, 0.1) is 5.82 Å². The normalized spacial score (nSPS) is 13.5. The number of anilines is 2. The SMILES string of the molecule is CC(OC(=O)c1ccc2c(c1)C(=O)N(c1ccc(F)cc1)C2=O)C(=O)Nc1ccc(Cl)cc1. The number of hydrogen-bond donors (Lipinski definition) is 1. The molecule has 0 saturated carbocycles. The largest absolute Gasteiger partial charge is 0.449 e. The highest BCUT2D eigenvalue weighted by molar-refractivity contribution is 6.34. The average molecular weight is 467 g/mol. The summed E-state index contributed by atoms with van der Waals surface area (Å²) < 4.78 is 18.4. The Balaban J connectivity index is 1.48. The fraction of sp³-hybridized carbons (Fsp3) is 0.0833. The zero-order chi connectivity index (χ0) is 23.7. The van der Waals surface area contributed by atoms with Gasteiger partial charge in [-0.1, -0.05) is 11.6 Å². The van der Waals surface area contributed by atoms with Crippen LogP contribution in [0.5, 0.6) is 0 Å². The molecule has 1 N–H and O–H groups in total. The third kappa shape index (κ3) is 4.47. The molecule has 1 atom stereocenters. The molecular formula is C24H16ClFN2O5. The predicted molar refractivity (Wildman–Crippen MR) is 119 cm³/mol. The highest BCUT2D eigenvalue weighted by atomic mass is 35.5. The summed E-state index contributed by atoms with van der Waals surface area (Å²) in [5, 5.41) is 3.11. The molecule has 4 rings (SSSR count). The Morgan fingerprint density at radius 2 is 1.58 bits per heavy atom. The maximum Gasteiger partial charge on any atom is 0.338 e. The van der Waals surface area contributed by atoms with E-state index in [9.17, 15) is 23.6 Å². The van der Waals surface area contributed by atoms with Gasteiger partial charge in [0.05, 0.1) is 22.4 Å². The number of carbonyl (C=O) groups excluding carboxylic acids is 4. The molecule has 0 bridgehead atoms. The Morgan fingerprint density at radius 3 is 2.24 bits per heavy atom. The molecule has 0 radical (unpaired) electrons. The zero-order valence-corrected chi connectivity index (χ0v) is 17.9. The molecule has 3 amide bonds. The zero-order valence-electron chi connectivity index (χ0n) is 17.2. The number of fused-ring (bicyclic) bond motifs is 1. The van der Waals surface area contributed by atoms with E-state index in [1.54, 1.807) is 24.3 Å². The van der Waals surface area contributed by atoms with E-state index in [4.69, 9.17) is 16.3 Å². The Hall–Kier alpha value is -4.04. The molecule has 3 aromatic carbocycles. The first-order valence-electron chi connectivity index (χ1n) is 9.80. The average Bonchev–Trinajstić information content (AvgIpc) is 3.05. The van der Waals surface area contributed by atoms with Gasteiger partial charge < -0.3 is 10.1 Å². The lowest BCUT2D eigenvalue weighted by molar-refractivity contribution is -0.123. The van der Waals surface area contributed by atoms with Crippen LogP contribution in [0.15, 0.2) is 66.7 Å². The Labute approximate surface area is 192 Å². The molecule has 0 aliphatic carbocycles. The number of amides is 3. The van der Waals surface area contributed by atoms with Crippen LogP contribution in [0.2, 0.25) is 5.02 Å². The van der Waals surface area contributed by atoms with Crippen molar-refractivity contribution < 1.29 is 28.3 Å². The molecule has 1 unspecified atom stereocenters. The number of rotatable bonds is 5. The van der Waals surface area contributed by atoms with E-state index < -0.39 is 35.6 Å². The van der Waals surface area contributed by atoms with Crippen molar-refractivity contribution in [2.45, 2.75) is 13.0 Å². The van der Waals surface area contributed by atoms with Crippen LogP contribution in [-0.2, 0) is 9.53 Å². The number of ether oxygens (including phenoxy) is 1. The second-order valence-electron chi connectivity index (χ2n) is 7.23. The Bertz CT molecular complexity index is 1280. The van der Waals surface area contributed by atoms with Crippen LogP contribution in [0.4, 0.5) is 15.8 Å². The fourth-order valence-electron chi connectivity index (χ4n) is 3.25. The second-order valence-corrected chi connectivity index (χ2v) is 7.66. The van der Waals surface area contributed by atoms with E-state index in [1.165, 1.54) is 37.3 Å². The van der Waals surface area contributed by atoms with Gasteiger partial charge in [0, 0.05) is 10.7 Å². The van der Waals surface area contributed by atoms with Crippen LogP contribution in [0.25, 0.3) is 0 Å². The van der Waals surface area contributed by atoms with E-state index in [0.717, 1.165) is 17.0 Å². The van der Waals surface area contributed by atoms with Crippen LogP contribution in [0.1, 0.15) is 38.0 Å². The summed E-state index contributed by atoms with van der Waals surface area (Å²) in [6, 6.07) is 15.2. The van der Waals surface area contributed by atoms with Gasteiger partial charge in [0.25, 0.3) is 17.7 Å². The number of esters is 1. The van der Waals surface area contributed by atoms with E-state index in [-0.39, 0.29) is 22.4 Å². The van der Waals surface area contributed by atoms with Crippen molar-refractivity contribution in [1.29, 1.82) is 0 Å². The first-order valence-corrected chi connectivity index (χ1v) is 10.2. The van der Waals surface area contributed by atoms with Crippen LogP contribution in [-0.4, -0.2) is 29.8 Å². The molecular weight excluding hydrogens is 451 g/mol. The lowest BCUT2D eigenvalue weighted by Gasteiger charge is -2.14. The molecule has 33 heavy (non-hydrogen) atoms. The Kier molecular flexibility index (Phi) is 5.93. The van der Waals surface area contributed by atoms with E-state index >= 15 is 0 Å². The number of hydrogen-bond acceptors (Lipinski definition) is 5. The van der Waals surface area contributed by atoms with Gasteiger partial charge in [-0.3, -0.25) is 14.4 Å². The summed E-state index contributed by atoms with van der Waals surface area (Å²) in [6.07, 6.45) is -1.13. The Morgan fingerprint density at radius 1 is 0.939 bits per heavy atom. The summed E-state index contributed by atoms with van der Waals surface area (Å²) in [5.74, 6) is -3.13. The number of imide groups is 1. The van der Waals surface area contributed by atoms with Gasteiger partial charge in [-0.05, 0) is 73.7 Å². The van der Waals surface area contributed by atoms with Gasteiger partial charge in [0.15, 0.2) is 6.10 Å². The van der Waals surface area contributed by atoms with Gasteiger partial charge in [-0.25, -0.2) is 14.1 Å². The number of benzene rings is 3. The highest BCUT2D eigenvalue weighted by Crippen LogP contribution is 2.29. The smallest absolute Gasteiger partial charge is 0.338 e. The molecule has 0 spiro atoms. The van der Waals surface area contributed by atoms with Crippen molar-refractivity contribution in [2.75, 3.05) is 10.2 Å². The van der Waals surface area contributed by atoms with Gasteiger partial charge in [-0.2, -0.15) is 0 Å². The van der Waals surface area contributed by atoms with Gasteiger partial charge in [0.2, 0.25) is 0 Å². The topological polar surface area (TPSA) is 92.8 Å². The third-order valence-electron chi connectivity index (χ3n) is 4.97. The van der Waals surface area contributed by atoms with Crippen molar-refractivity contribution in [3.63, 3.8) is 0 Å². The number of nitrogens with zero attached hydrogens (tertiary/aromatic N) is 1. The molecule has 1 heterocycles. The fourth-order valence-corrected chi connectivity index (χ4v) is 3.38. The van der Waals surface area contributed by atoms with E-state index in [0.29, 0.717) is 10.7 Å². The van der Waals surface area contributed by atoms with Crippen molar-refractivity contribution in [1.82, 2.24) is 0 Å². The molecule has 3 aromatic rings.